The minimum Gasteiger partial charge on any atom is -0.392 e. The molecule has 1 aromatic rings. The fourth-order valence-electron chi connectivity index (χ4n) is 2.08. The third-order valence-corrected chi connectivity index (χ3v) is 3.05. The molecule has 0 radical (unpaired) electrons. The van der Waals surface area contributed by atoms with Crippen molar-refractivity contribution >= 4 is 0 Å². The predicted octanol–water partition coefficient (Wildman–Crippen LogP) is 2.56. The number of rotatable bonds is 3. The summed E-state index contributed by atoms with van der Waals surface area (Å²) in [4.78, 5) is 0. The molecule has 1 N–H and O–H groups in total. The summed E-state index contributed by atoms with van der Waals surface area (Å²) < 4.78 is 0. The topological polar surface area (TPSA) is 20.2 Å². The van der Waals surface area contributed by atoms with Gasteiger partial charge in [0.1, 0.15) is 0 Å². The molecule has 1 nitrogen and oxygen atoms in total. The first-order valence-corrected chi connectivity index (χ1v) is 5.45. The molecule has 1 saturated carbocycles. The van der Waals surface area contributed by atoms with Crippen molar-refractivity contribution in [3.8, 4) is 11.8 Å². The van der Waals surface area contributed by atoms with Gasteiger partial charge in [-0.15, -0.1) is 11.8 Å². The van der Waals surface area contributed by atoms with Crippen LogP contribution in [-0.2, 0) is 0 Å². The number of benzene rings is 1. The molecule has 0 heterocycles. The molecule has 2 rings (SSSR count). The molecule has 1 aliphatic carbocycles. The highest BCUT2D eigenvalue weighted by Gasteiger charge is 2.42. The van der Waals surface area contributed by atoms with Gasteiger partial charge in [0.15, 0.2) is 0 Å². The average molecular weight is 200 g/mol. The Morgan fingerprint density at radius 1 is 1.40 bits per heavy atom. The zero-order valence-electron chi connectivity index (χ0n) is 8.98. The summed E-state index contributed by atoms with van der Waals surface area (Å²) in [7, 11) is 0. The molecule has 0 aromatic heterocycles. The van der Waals surface area contributed by atoms with Gasteiger partial charge < -0.3 is 5.11 Å². The van der Waals surface area contributed by atoms with Crippen LogP contribution in [0, 0.1) is 17.8 Å². The van der Waals surface area contributed by atoms with Gasteiger partial charge >= 0.3 is 0 Å². The Hall–Kier alpha value is -1.26. The van der Waals surface area contributed by atoms with Crippen molar-refractivity contribution in [2.45, 2.75) is 31.8 Å². The van der Waals surface area contributed by atoms with Crippen molar-refractivity contribution in [1.29, 1.82) is 0 Å². The zero-order valence-corrected chi connectivity index (χ0v) is 8.98. The summed E-state index contributed by atoms with van der Waals surface area (Å²) in [6.45, 7) is 1.81. The molecule has 0 bridgehead atoms. The molecule has 0 spiro atoms. The Morgan fingerprint density at radius 3 is 2.80 bits per heavy atom. The van der Waals surface area contributed by atoms with E-state index in [9.17, 15) is 5.11 Å². The second-order valence-corrected chi connectivity index (χ2v) is 4.11. The monoisotopic (exact) mass is 200 g/mol. The lowest BCUT2D eigenvalue weighted by atomic mass is 10.1. The highest BCUT2D eigenvalue weighted by Crippen LogP contribution is 2.49. The van der Waals surface area contributed by atoms with E-state index in [0.717, 1.165) is 6.42 Å². The first-order valence-electron chi connectivity index (χ1n) is 5.45. The van der Waals surface area contributed by atoms with E-state index in [1.54, 1.807) is 0 Å². The first kappa shape index (κ1) is 10.3. The van der Waals surface area contributed by atoms with E-state index >= 15 is 0 Å². The van der Waals surface area contributed by atoms with E-state index in [1.807, 2.05) is 13.0 Å². The maximum absolute atomic E-state index is 9.85. The first-order chi connectivity index (χ1) is 7.33. The summed E-state index contributed by atoms with van der Waals surface area (Å²) in [5, 5.41) is 9.85. The van der Waals surface area contributed by atoms with E-state index in [-0.39, 0.29) is 6.10 Å². The molecule has 1 aromatic carbocycles. The van der Waals surface area contributed by atoms with E-state index in [1.165, 1.54) is 5.56 Å². The van der Waals surface area contributed by atoms with Gasteiger partial charge in [-0.2, -0.15) is 0 Å². The molecular weight excluding hydrogens is 184 g/mol. The van der Waals surface area contributed by atoms with E-state index in [2.05, 4.69) is 36.1 Å². The Labute approximate surface area is 91.1 Å². The minimum absolute atomic E-state index is 0.248. The van der Waals surface area contributed by atoms with Crippen molar-refractivity contribution in [3.05, 3.63) is 35.9 Å². The summed E-state index contributed by atoms with van der Waals surface area (Å²) in [6.07, 6.45) is 1.48. The second-order valence-electron chi connectivity index (χ2n) is 4.11. The summed E-state index contributed by atoms with van der Waals surface area (Å²) in [5.74, 6) is 6.75. The van der Waals surface area contributed by atoms with Crippen molar-refractivity contribution < 1.29 is 5.11 Å². The maximum atomic E-state index is 9.85. The molecule has 0 amide bonds. The molecule has 15 heavy (non-hydrogen) atoms. The third-order valence-electron chi connectivity index (χ3n) is 3.05. The minimum atomic E-state index is -0.248. The molecule has 3 unspecified atom stereocenters. The Morgan fingerprint density at radius 2 is 2.13 bits per heavy atom. The fourth-order valence-corrected chi connectivity index (χ4v) is 2.08. The standard InChI is InChI=1S/C14H16O/c1-2-3-9-14(15)13-10-12(13)11-7-5-4-6-8-11/h4-8,12-15H,9-10H2,1H3. The van der Waals surface area contributed by atoms with Gasteiger partial charge in [-0.3, -0.25) is 0 Å². The smallest absolute Gasteiger partial charge is 0.0683 e. The van der Waals surface area contributed by atoms with Gasteiger partial charge in [-0.05, 0) is 30.7 Å². The largest absolute Gasteiger partial charge is 0.392 e. The number of aliphatic hydroxyl groups is 1. The zero-order chi connectivity index (χ0) is 10.7. The Kier molecular flexibility index (Phi) is 3.08. The van der Waals surface area contributed by atoms with Gasteiger partial charge in [-0.1, -0.05) is 30.3 Å². The van der Waals surface area contributed by atoms with Crippen molar-refractivity contribution in [2.75, 3.05) is 0 Å². The van der Waals surface area contributed by atoms with Crippen molar-refractivity contribution in [2.24, 2.45) is 5.92 Å². The van der Waals surface area contributed by atoms with E-state index < -0.39 is 0 Å². The van der Waals surface area contributed by atoms with Crippen LogP contribution in [0.25, 0.3) is 0 Å². The number of hydrogen-bond donors (Lipinski definition) is 1. The van der Waals surface area contributed by atoms with Crippen LogP contribution in [0.1, 0.15) is 31.2 Å². The SMILES string of the molecule is CC#CCC(O)C1CC1c1ccccc1. The molecule has 3 atom stereocenters. The average Bonchev–Trinajstić information content (AvgIpc) is 3.07. The van der Waals surface area contributed by atoms with Crippen LogP contribution in [0.3, 0.4) is 0 Å². The lowest BCUT2D eigenvalue weighted by Gasteiger charge is -2.05. The normalized spacial score (nSPS) is 25.2. The van der Waals surface area contributed by atoms with Crippen LogP contribution in [-0.4, -0.2) is 11.2 Å². The van der Waals surface area contributed by atoms with E-state index in [0.29, 0.717) is 18.3 Å². The lowest BCUT2D eigenvalue weighted by molar-refractivity contribution is 0.154. The highest BCUT2D eigenvalue weighted by molar-refractivity contribution is 5.26. The van der Waals surface area contributed by atoms with Crippen molar-refractivity contribution in [1.82, 2.24) is 0 Å². The van der Waals surface area contributed by atoms with Gasteiger partial charge in [0.2, 0.25) is 0 Å². The summed E-state index contributed by atoms with van der Waals surface area (Å²) >= 11 is 0. The Balaban J connectivity index is 1.92. The van der Waals surface area contributed by atoms with Crippen LogP contribution < -0.4 is 0 Å². The van der Waals surface area contributed by atoms with E-state index in [4.69, 9.17) is 0 Å². The molecule has 1 aliphatic rings. The molecular formula is C14H16O. The van der Waals surface area contributed by atoms with Crippen molar-refractivity contribution in [3.63, 3.8) is 0 Å². The summed E-state index contributed by atoms with van der Waals surface area (Å²) in [6, 6.07) is 10.4. The number of aliphatic hydroxyl groups excluding tert-OH is 1. The molecule has 78 valence electrons. The Bertz CT molecular complexity index is 371. The van der Waals surface area contributed by atoms with Gasteiger partial charge in [0.05, 0.1) is 6.10 Å². The van der Waals surface area contributed by atoms with Gasteiger partial charge in [0, 0.05) is 6.42 Å². The van der Waals surface area contributed by atoms with Crippen LogP contribution in [0.5, 0.6) is 0 Å². The second kappa shape index (κ2) is 4.51. The van der Waals surface area contributed by atoms with Crippen LogP contribution in [0.2, 0.25) is 0 Å². The molecule has 1 fully saturated rings. The predicted molar refractivity (Wildman–Crippen MR) is 61.4 cm³/mol. The summed E-state index contributed by atoms with van der Waals surface area (Å²) in [5.41, 5.74) is 1.35. The highest BCUT2D eigenvalue weighted by atomic mass is 16.3. The molecule has 0 aliphatic heterocycles. The number of hydrogen-bond acceptors (Lipinski definition) is 1. The van der Waals surface area contributed by atoms with Crippen LogP contribution in [0.15, 0.2) is 30.3 Å². The molecule has 0 saturated heterocycles. The van der Waals surface area contributed by atoms with Crippen LogP contribution in [0.4, 0.5) is 0 Å². The van der Waals surface area contributed by atoms with Gasteiger partial charge in [-0.25, -0.2) is 0 Å². The maximum Gasteiger partial charge on any atom is 0.0683 e. The van der Waals surface area contributed by atoms with Gasteiger partial charge in [0.25, 0.3) is 0 Å². The quantitative estimate of drug-likeness (QED) is 0.743. The fraction of sp³-hybridized carbons (Fsp3) is 0.429. The lowest BCUT2D eigenvalue weighted by Crippen LogP contribution is -2.09. The third kappa shape index (κ3) is 2.40. The molecule has 1 heteroatoms. The van der Waals surface area contributed by atoms with Crippen LogP contribution >= 0.6 is 0 Å².